The molecule has 1 fully saturated rings. The van der Waals surface area contributed by atoms with Crippen molar-refractivity contribution in [2.45, 2.75) is 45.6 Å². The number of benzene rings is 1. The minimum atomic E-state index is -0.304. The highest BCUT2D eigenvalue weighted by Gasteiger charge is 2.36. The van der Waals surface area contributed by atoms with Crippen LogP contribution in [0.3, 0.4) is 0 Å². The minimum Gasteiger partial charge on any atom is -0.383 e. The molecule has 0 aromatic heterocycles. The second-order valence-corrected chi connectivity index (χ2v) is 6.64. The van der Waals surface area contributed by atoms with E-state index in [0.29, 0.717) is 19.1 Å². The molecule has 0 saturated carbocycles. The molecule has 0 unspecified atom stereocenters. The first kappa shape index (κ1) is 18.5. The normalized spacial score (nSPS) is 20.1. The van der Waals surface area contributed by atoms with Gasteiger partial charge in [-0.15, -0.1) is 0 Å². The van der Waals surface area contributed by atoms with Crippen molar-refractivity contribution in [1.82, 2.24) is 4.90 Å². The van der Waals surface area contributed by atoms with Crippen LogP contribution in [0.15, 0.2) is 24.3 Å². The predicted molar refractivity (Wildman–Crippen MR) is 94.9 cm³/mol. The van der Waals surface area contributed by atoms with Gasteiger partial charge in [0.2, 0.25) is 11.8 Å². The number of nitrogens with zero attached hydrogens (tertiary/aromatic N) is 1. The van der Waals surface area contributed by atoms with Crippen LogP contribution < -0.4 is 5.32 Å². The Hall–Kier alpha value is -1.88. The van der Waals surface area contributed by atoms with Crippen molar-refractivity contribution < 1.29 is 14.3 Å². The van der Waals surface area contributed by atoms with Gasteiger partial charge in [0.05, 0.1) is 18.6 Å². The maximum absolute atomic E-state index is 12.6. The smallest absolute Gasteiger partial charge is 0.229 e. The summed E-state index contributed by atoms with van der Waals surface area (Å²) in [6.07, 6.45) is 1.28. The number of hydrogen-bond acceptors (Lipinski definition) is 3. The van der Waals surface area contributed by atoms with Crippen LogP contribution in [0.2, 0.25) is 0 Å². The molecule has 1 aromatic carbocycles. The molecule has 0 spiro atoms. The van der Waals surface area contributed by atoms with Crippen molar-refractivity contribution in [3.63, 3.8) is 0 Å². The van der Waals surface area contributed by atoms with Crippen molar-refractivity contribution in [3.8, 4) is 0 Å². The van der Waals surface area contributed by atoms with E-state index in [9.17, 15) is 9.59 Å². The quantitative estimate of drug-likeness (QED) is 0.835. The Labute approximate surface area is 144 Å². The van der Waals surface area contributed by atoms with Crippen molar-refractivity contribution >= 4 is 17.5 Å². The molecule has 1 aliphatic heterocycles. The van der Waals surface area contributed by atoms with Crippen molar-refractivity contribution in [1.29, 1.82) is 0 Å². The molecule has 0 bridgehead atoms. The SMILES string of the molecule is CC[C@@H](C)c1ccccc1NC(=O)[C@@H]1CC(=O)N([C@@H](C)COC)C1. The van der Waals surface area contributed by atoms with Gasteiger partial charge in [0.15, 0.2) is 0 Å². The lowest BCUT2D eigenvalue weighted by Crippen LogP contribution is -2.38. The first-order valence-electron chi connectivity index (χ1n) is 8.66. The third kappa shape index (κ3) is 4.15. The molecular formula is C19H28N2O3. The summed E-state index contributed by atoms with van der Waals surface area (Å²) in [5.74, 6) is 0.0212. The van der Waals surface area contributed by atoms with Crippen LogP contribution >= 0.6 is 0 Å². The molecule has 2 amide bonds. The zero-order valence-corrected chi connectivity index (χ0v) is 15.0. The number of amides is 2. The average molecular weight is 332 g/mol. The summed E-state index contributed by atoms with van der Waals surface area (Å²) in [5.41, 5.74) is 2.00. The van der Waals surface area contributed by atoms with E-state index in [1.807, 2.05) is 25.1 Å². The van der Waals surface area contributed by atoms with Crippen LogP contribution in [-0.2, 0) is 14.3 Å². The number of nitrogens with one attached hydrogen (secondary N) is 1. The molecule has 132 valence electrons. The topological polar surface area (TPSA) is 58.6 Å². The predicted octanol–water partition coefficient (Wildman–Crippen LogP) is 3.02. The Kier molecular flexibility index (Phi) is 6.37. The Balaban J connectivity index is 2.05. The van der Waals surface area contributed by atoms with Crippen LogP contribution in [0, 0.1) is 5.92 Å². The Morgan fingerprint density at radius 2 is 2.08 bits per heavy atom. The van der Waals surface area contributed by atoms with E-state index >= 15 is 0 Å². The van der Waals surface area contributed by atoms with E-state index in [2.05, 4.69) is 25.2 Å². The van der Waals surface area contributed by atoms with Crippen LogP contribution in [0.5, 0.6) is 0 Å². The number of ether oxygens (including phenoxy) is 1. The largest absolute Gasteiger partial charge is 0.383 e. The van der Waals surface area contributed by atoms with Crippen LogP contribution in [0.1, 0.15) is 45.1 Å². The molecule has 5 nitrogen and oxygen atoms in total. The van der Waals surface area contributed by atoms with Crippen molar-refractivity contribution in [2.24, 2.45) is 5.92 Å². The second-order valence-electron chi connectivity index (χ2n) is 6.64. The van der Waals surface area contributed by atoms with Gasteiger partial charge in [-0.05, 0) is 30.9 Å². The maximum Gasteiger partial charge on any atom is 0.229 e. The van der Waals surface area contributed by atoms with Gasteiger partial charge < -0.3 is 15.0 Å². The van der Waals surface area contributed by atoms with E-state index in [1.54, 1.807) is 12.0 Å². The molecule has 1 heterocycles. The fourth-order valence-electron chi connectivity index (χ4n) is 3.16. The summed E-state index contributed by atoms with van der Waals surface area (Å²) in [6, 6.07) is 7.89. The summed E-state index contributed by atoms with van der Waals surface area (Å²) in [5, 5.41) is 3.03. The lowest BCUT2D eigenvalue weighted by atomic mass is 9.96. The number of rotatable bonds is 7. The molecule has 0 radical (unpaired) electrons. The molecule has 3 atom stereocenters. The number of carbonyl (C=O) groups excluding carboxylic acids is 2. The van der Waals surface area contributed by atoms with Crippen LogP contribution in [0.25, 0.3) is 0 Å². The molecule has 2 rings (SSSR count). The van der Waals surface area contributed by atoms with Crippen LogP contribution in [0.4, 0.5) is 5.69 Å². The molecule has 1 aromatic rings. The Morgan fingerprint density at radius 3 is 2.75 bits per heavy atom. The summed E-state index contributed by atoms with van der Waals surface area (Å²) in [6.45, 7) is 7.17. The fraction of sp³-hybridized carbons (Fsp3) is 0.579. The summed E-state index contributed by atoms with van der Waals surface area (Å²) in [7, 11) is 1.62. The van der Waals surface area contributed by atoms with E-state index in [-0.39, 0.29) is 30.2 Å². The zero-order valence-electron chi connectivity index (χ0n) is 15.0. The number of carbonyl (C=O) groups is 2. The van der Waals surface area contributed by atoms with Gasteiger partial charge in [0, 0.05) is 25.8 Å². The standard InChI is InChI=1S/C19H28N2O3/c1-5-13(2)16-8-6-7-9-17(16)20-19(23)15-10-18(22)21(11-15)14(3)12-24-4/h6-9,13-15H,5,10-12H2,1-4H3,(H,20,23)/t13-,14+,15-/m1/s1. The Bertz CT molecular complexity index is 588. The highest BCUT2D eigenvalue weighted by molar-refractivity contribution is 5.97. The highest BCUT2D eigenvalue weighted by Crippen LogP contribution is 2.28. The van der Waals surface area contributed by atoms with Gasteiger partial charge in [-0.3, -0.25) is 9.59 Å². The Morgan fingerprint density at radius 1 is 1.38 bits per heavy atom. The van der Waals surface area contributed by atoms with E-state index in [1.165, 1.54) is 0 Å². The van der Waals surface area contributed by atoms with Crippen LogP contribution in [-0.4, -0.2) is 43.0 Å². The molecule has 0 aliphatic carbocycles. The molecule has 1 aliphatic rings. The summed E-state index contributed by atoms with van der Waals surface area (Å²) in [4.78, 5) is 26.5. The summed E-state index contributed by atoms with van der Waals surface area (Å²) < 4.78 is 5.12. The third-order valence-electron chi connectivity index (χ3n) is 4.83. The van der Waals surface area contributed by atoms with Crippen molar-refractivity contribution in [3.05, 3.63) is 29.8 Å². The average Bonchev–Trinajstić information content (AvgIpc) is 2.97. The molecule has 5 heteroatoms. The van der Waals surface area contributed by atoms with E-state index in [0.717, 1.165) is 17.7 Å². The van der Waals surface area contributed by atoms with Crippen molar-refractivity contribution in [2.75, 3.05) is 25.6 Å². The minimum absolute atomic E-state index is 0.00676. The van der Waals surface area contributed by atoms with Gasteiger partial charge in [-0.2, -0.15) is 0 Å². The third-order valence-corrected chi connectivity index (χ3v) is 4.83. The maximum atomic E-state index is 12.6. The number of hydrogen-bond donors (Lipinski definition) is 1. The lowest BCUT2D eigenvalue weighted by molar-refractivity contribution is -0.130. The highest BCUT2D eigenvalue weighted by atomic mass is 16.5. The monoisotopic (exact) mass is 332 g/mol. The lowest BCUT2D eigenvalue weighted by Gasteiger charge is -2.24. The second kappa shape index (κ2) is 8.29. The molecular weight excluding hydrogens is 304 g/mol. The van der Waals surface area contributed by atoms with E-state index < -0.39 is 0 Å². The molecule has 24 heavy (non-hydrogen) atoms. The number of methoxy groups -OCH3 is 1. The van der Waals surface area contributed by atoms with Gasteiger partial charge in [-0.1, -0.05) is 32.0 Å². The van der Waals surface area contributed by atoms with Gasteiger partial charge in [0.1, 0.15) is 0 Å². The number of likely N-dealkylation sites (tertiary alicyclic amines) is 1. The van der Waals surface area contributed by atoms with Gasteiger partial charge >= 0.3 is 0 Å². The fourth-order valence-corrected chi connectivity index (χ4v) is 3.16. The summed E-state index contributed by atoms with van der Waals surface area (Å²) >= 11 is 0. The first-order valence-corrected chi connectivity index (χ1v) is 8.66. The molecule has 1 N–H and O–H groups in total. The van der Waals surface area contributed by atoms with E-state index in [4.69, 9.17) is 4.74 Å². The zero-order chi connectivity index (χ0) is 17.7. The number of para-hydroxylation sites is 1. The first-order chi connectivity index (χ1) is 11.5. The van der Waals surface area contributed by atoms with Gasteiger partial charge in [0.25, 0.3) is 0 Å². The van der Waals surface area contributed by atoms with Gasteiger partial charge in [-0.25, -0.2) is 0 Å². The molecule has 1 saturated heterocycles. The number of anilines is 1.